The summed E-state index contributed by atoms with van der Waals surface area (Å²) in [5.41, 5.74) is 13.7. The van der Waals surface area contributed by atoms with Gasteiger partial charge in [0.2, 0.25) is 5.95 Å². The Balaban J connectivity index is 2.66. The smallest absolute Gasteiger partial charge is 0.222 e. The van der Waals surface area contributed by atoms with E-state index in [0.29, 0.717) is 23.6 Å². The predicted octanol–water partition coefficient (Wildman–Crippen LogP) is 2.28. The lowest BCUT2D eigenvalue weighted by molar-refractivity contribution is 0.318. The molecular formula is C15H17N5O. The Morgan fingerprint density at radius 2 is 2.05 bits per heavy atom. The molecule has 1 heterocycles. The molecule has 6 heteroatoms. The van der Waals surface area contributed by atoms with Crippen molar-refractivity contribution in [2.45, 2.75) is 20.3 Å². The number of ether oxygens (including phenoxy) is 1. The lowest BCUT2D eigenvalue weighted by Gasteiger charge is -2.13. The van der Waals surface area contributed by atoms with E-state index in [9.17, 15) is 5.26 Å². The van der Waals surface area contributed by atoms with Crippen molar-refractivity contribution in [1.82, 2.24) is 9.97 Å². The standard InChI is InChI=1S/C15H17N5O/c1-3-6-21-12-5-4-9(2)7-10(12)13-11(8-16)14(17)20-15(18)19-13/h4-5,7H,3,6H2,1-2H3,(H4,17,18,19,20). The number of nitrogen functional groups attached to an aromatic ring is 2. The number of hydrogen-bond donors (Lipinski definition) is 2. The molecule has 108 valence electrons. The van der Waals surface area contributed by atoms with Crippen LogP contribution in [0.5, 0.6) is 5.75 Å². The first-order valence-electron chi connectivity index (χ1n) is 6.63. The number of hydrogen-bond acceptors (Lipinski definition) is 6. The Morgan fingerprint density at radius 3 is 2.71 bits per heavy atom. The third-order valence-corrected chi connectivity index (χ3v) is 2.92. The van der Waals surface area contributed by atoms with Gasteiger partial charge in [0.05, 0.1) is 12.3 Å². The maximum Gasteiger partial charge on any atom is 0.222 e. The highest BCUT2D eigenvalue weighted by Gasteiger charge is 2.17. The molecular weight excluding hydrogens is 266 g/mol. The molecule has 0 unspecified atom stereocenters. The summed E-state index contributed by atoms with van der Waals surface area (Å²) in [6.45, 7) is 4.55. The molecule has 4 N–H and O–H groups in total. The molecule has 1 aromatic carbocycles. The van der Waals surface area contributed by atoms with E-state index >= 15 is 0 Å². The average Bonchev–Trinajstić information content (AvgIpc) is 2.45. The third-order valence-electron chi connectivity index (χ3n) is 2.92. The van der Waals surface area contributed by atoms with E-state index in [0.717, 1.165) is 12.0 Å². The second-order valence-electron chi connectivity index (χ2n) is 4.65. The number of nitrogens with zero attached hydrogens (tertiary/aromatic N) is 3. The fourth-order valence-corrected chi connectivity index (χ4v) is 1.97. The fraction of sp³-hybridized carbons (Fsp3) is 0.267. The minimum Gasteiger partial charge on any atom is -0.493 e. The van der Waals surface area contributed by atoms with Crippen LogP contribution in [-0.4, -0.2) is 16.6 Å². The van der Waals surface area contributed by atoms with Gasteiger partial charge in [-0.15, -0.1) is 0 Å². The second kappa shape index (κ2) is 6.09. The Hall–Kier alpha value is -2.81. The van der Waals surface area contributed by atoms with E-state index in [1.807, 2.05) is 38.1 Å². The van der Waals surface area contributed by atoms with E-state index in [2.05, 4.69) is 9.97 Å². The lowest BCUT2D eigenvalue weighted by Crippen LogP contribution is -2.06. The van der Waals surface area contributed by atoms with Crippen LogP contribution < -0.4 is 16.2 Å². The number of nitriles is 1. The van der Waals surface area contributed by atoms with Crippen LogP contribution in [0.1, 0.15) is 24.5 Å². The molecule has 0 saturated carbocycles. The summed E-state index contributed by atoms with van der Waals surface area (Å²) in [5, 5.41) is 9.30. The van der Waals surface area contributed by atoms with Crippen molar-refractivity contribution in [3.8, 4) is 23.1 Å². The van der Waals surface area contributed by atoms with Crippen molar-refractivity contribution >= 4 is 11.8 Å². The first-order valence-corrected chi connectivity index (χ1v) is 6.63. The van der Waals surface area contributed by atoms with Crippen molar-refractivity contribution in [3.63, 3.8) is 0 Å². The normalized spacial score (nSPS) is 10.1. The topological polar surface area (TPSA) is 111 Å². The highest BCUT2D eigenvalue weighted by atomic mass is 16.5. The first kappa shape index (κ1) is 14.6. The summed E-state index contributed by atoms with van der Waals surface area (Å²) in [7, 11) is 0. The number of aryl methyl sites for hydroxylation is 1. The zero-order valence-corrected chi connectivity index (χ0v) is 12.1. The van der Waals surface area contributed by atoms with Gasteiger partial charge in [0.1, 0.15) is 23.2 Å². The van der Waals surface area contributed by atoms with Gasteiger partial charge in [0.25, 0.3) is 0 Å². The van der Waals surface area contributed by atoms with E-state index < -0.39 is 0 Å². The molecule has 0 aliphatic carbocycles. The molecule has 0 bridgehead atoms. The molecule has 0 radical (unpaired) electrons. The molecule has 0 saturated heterocycles. The van der Waals surface area contributed by atoms with Crippen LogP contribution in [0.3, 0.4) is 0 Å². The number of nitrogens with two attached hydrogens (primary N) is 2. The van der Waals surface area contributed by atoms with Gasteiger partial charge in [0, 0.05) is 5.56 Å². The maximum atomic E-state index is 9.30. The van der Waals surface area contributed by atoms with Crippen LogP contribution in [0.2, 0.25) is 0 Å². The molecule has 2 rings (SSSR count). The Bertz CT molecular complexity index is 706. The van der Waals surface area contributed by atoms with Gasteiger partial charge in [-0.05, 0) is 25.5 Å². The molecule has 21 heavy (non-hydrogen) atoms. The molecule has 0 atom stereocenters. The Labute approximate surface area is 123 Å². The zero-order valence-electron chi connectivity index (χ0n) is 12.1. The molecule has 1 aromatic heterocycles. The third kappa shape index (κ3) is 3.03. The quantitative estimate of drug-likeness (QED) is 0.890. The molecule has 0 aliphatic heterocycles. The highest BCUT2D eigenvalue weighted by molar-refractivity contribution is 5.77. The number of aromatic nitrogens is 2. The van der Waals surface area contributed by atoms with Gasteiger partial charge in [0.15, 0.2) is 0 Å². The van der Waals surface area contributed by atoms with Crippen molar-refractivity contribution in [1.29, 1.82) is 5.26 Å². The van der Waals surface area contributed by atoms with Crippen molar-refractivity contribution in [2.75, 3.05) is 18.1 Å². The average molecular weight is 283 g/mol. The number of anilines is 2. The van der Waals surface area contributed by atoms with Gasteiger partial charge in [-0.3, -0.25) is 0 Å². The van der Waals surface area contributed by atoms with Crippen LogP contribution in [0, 0.1) is 18.3 Å². The highest BCUT2D eigenvalue weighted by Crippen LogP contribution is 2.33. The van der Waals surface area contributed by atoms with Crippen LogP contribution in [-0.2, 0) is 0 Å². The number of benzene rings is 1. The molecule has 0 amide bonds. The van der Waals surface area contributed by atoms with Crippen LogP contribution in [0.15, 0.2) is 18.2 Å². The predicted molar refractivity (Wildman–Crippen MR) is 81.5 cm³/mol. The van der Waals surface area contributed by atoms with Gasteiger partial charge < -0.3 is 16.2 Å². The monoisotopic (exact) mass is 283 g/mol. The SMILES string of the molecule is CCCOc1ccc(C)cc1-c1nc(N)nc(N)c1C#N. The van der Waals surface area contributed by atoms with Crippen LogP contribution in [0.25, 0.3) is 11.3 Å². The first-order chi connectivity index (χ1) is 10.1. The summed E-state index contributed by atoms with van der Waals surface area (Å²) in [5.74, 6) is 0.754. The second-order valence-corrected chi connectivity index (χ2v) is 4.65. The minimum atomic E-state index is 0.0319. The molecule has 2 aromatic rings. The van der Waals surface area contributed by atoms with Crippen molar-refractivity contribution in [3.05, 3.63) is 29.3 Å². The molecule has 6 nitrogen and oxygen atoms in total. The van der Waals surface area contributed by atoms with E-state index in [-0.39, 0.29) is 17.3 Å². The molecule has 0 fully saturated rings. The summed E-state index contributed by atoms with van der Waals surface area (Å²) in [4.78, 5) is 8.00. The largest absolute Gasteiger partial charge is 0.493 e. The van der Waals surface area contributed by atoms with Crippen molar-refractivity contribution < 1.29 is 4.74 Å². The summed E-state index contributed by atoms with van der Waals surface area (Å²) >= 11 is 0. The van der Waals surface area contributed by atoms with Gasteiger partial charge in [-0.2, -0.15) is 10.2 Å². The molecule has 0 aliphatic rings. The summed E-state index contributed by atoms with van der Waals surface area (Å²) in [6, 6.07) is 7.72. The molecule has 0 spiro atoms. The fourth-order valence-electron chi connectivity index (χ4n) is 1.97. The number of rotatable bonds is 4. The van der Waals surface area contributed by atoms with E-state index in [1.165, 1.54) is 0 Å². The van der Waals surface area contributed by atoms with Crippen LogP contribution >= 0.6 is 0 Å². The minimum absolute atomic E-state index is 0.0319. The summed E-state index contributed by atoms with van der Waals surface area (Å²) < 4.78 is 5.72. The van der Waals surface area contributed by atoms with E-state index in [4.69, 9.17) is 16.2 Å². The van der Waals surface area contributed by atoms with E-state index in [1.54, 1.807) is 0 Å². The van der Waals surface area contributed by atoms with Gasteiger partial charge in [-0.1, -0.05) is 18.6 Å². The Kier molecular flexibility index (Phi) is 4.24. The summed E-state index contributed by atoms with van der Waals surface area (Å²) in [6.07, 6.45) is 0.881. The maximum absolute atomic E-state index is 9.30. The van der Waals surface area contributed by atoms with Crippen LogP contribution in [0.4, 0.5) is 11.8 Å². The lowest BCUT2D eigenvalue weighted by atomic mass is 10.0. The van der Waals surface area contributed by atoms with Crippen molar-refractivity contribution in [2.24, 2.45) is 0 Å². The van der Waals surface area contributed by atoms with Gasteiger partial charge >= 0.3 is 0 Å². The van der Waals surface area contributed by atoms with Gasteiger partial charge in [-0.25, -0.2) is 4.98 Å². The zero-order chi connectivity index (χ0) is 15.4. The Morgan fingerprint density at radius 1 is 1.29 bits per heavy atom.